The lowest BCUT2D eigenvalue weighted by Crippen LogP contribution is -2.04. The molecule has 5 heteroatoms. The second-order valence-electron chi connectivity index (χ2n) is 3.75. The molecule has 2 aromatic rings. The van der Waals surface area contributed by atoms with Crippen molar-refractivity contribution < 1.29 is 19.1 Å². The molecular formula is C13H11BrO4. The van der Waals surface area contributed by atoms with Gasteiger partial charge in [0.1, 0.15) is 23.7 Å². The van der Waals surface area contributed by atoms with Gasteiger partial charge in [0.15, 0.2) is 4.67 Å². The average molecular weight is 311 g/mol. The Bertz CT molecular complexity index is 574. The smallest absolute Gasteiger partial charge is 0.339 e. The number of hydrogen-bond acceptors (Lipinski definition) is 3. The number of carboxylic acid groups (broad SMARTS) is 1. The molecule has 0 atom stereocenters. The Morgan fingerprint density at radius 3 is 2.78 bits per heavy atom. The highest BCUT2D eigenvalue weighted by Crippen LogP contribution is 2.25. The molecule has 0 aliphatic carbocycles. The third kappa shape index (κ3) is 2.73. The molecule has 18 heavy (non-hydrogen) atoms. The van der Waals surface area contributed by atoms with Crippen LogP contribution in [0.5, 0.6) is 5.75 Å². The van der Waals surface area contributed by atoms with Crippen molar-refractivity contribution in [2.45, 2.75) is 13.5 Å². The molecule has 0 radical (unpaired) electrons. The molecule has 0 spiro atoms. The van der Waals surface area contributed by atoms with E-state index < -0.39 is 5.97 Å². The third-order valence-corrected chi connectivity index (χ3v) is 2.86. The first-order valence-corrected chi connectivity index (χ1v) is 6.07. The van der Waals surface area contributed by atoms with E-state index in [1.807, 2.05) is 0 Å². The number of carbonyl (C=O) groups is 1. The standard InChI is InChI=1S/C13H11BrO4/c1-8-3-2-4-10(13(15)16)12(8)17-7-9-5-6-11(14)18-9/h2-6H,7H2,1H3,(H,15,16). The van der Waals surface area contributed by atoms with Crippen LogP contribution in [0.3, 0.4) is 0 Å². The minimum atomic E-state index is -1.01. The Balaban J connectivity index is 2.20. The van der Waals surface area contributed by atoms with Crippen LogP contribution in [0.15, 0.2) is 39.4 Å². The SMILES string of the molecule is Cc1cccc(C(=O)O)c1OCc1ccc(Br)o1. The maximum Gasteiger partial charge on any atom is 0.339 e. The van der Waals surface area contributed by atoms with Crippen molar-refractivity contribution >= 4 is 21.9 Å². The highest BCUT2D eigenvalue weighted by atomic mass is 79.9. The number of carboxylic acids is 1. The van der Waals surface area contributed by atoms with Crippen molar-refractivity contribution in [1.82, 2.24) is 0 Å². The van der Waals surface area contributed by atoms with E-state index in [0.717, 1.165) is 5.56 Å². The Morgan fingerprint density at radius 2 is 2.17 bits per heavy atom. The molecule has 0 fully saturated rings. The van der Waals surface area contributed by atoms with Crippen LogP contribution in [0.4, 0.5) is 0 Å². The number of aromatic carboxylic acids is 1. The lowest BCUT2D eigenvalue weighted by atomic mass is 10.1. The van der Waals surface area contributed by atoms with E-state index in [-0.39, 0.29) is 12.2 Å². The fraction of sp³-hybridized carbons (Fsp3) is 0.154. The largest absolute Gasteiger partial charge is 0.484 e. The third-order valence-electron chi connectivity index (χ3n) is 2.43. The van der Waals surface area contributed by atoms with E-state index in [1.54, 1.807) is 31.2 Å². The fourth-order valence-corrected chi connectivity index (χ4v) is 1.93. The van der Waals surface area contributed by atoms with Gasteiger partial charge in [-0.1, -0.05) is 12.1 Å². The Morgan fingerprint density at radius 1 is 1.39 bits per heavy atom. The summed E-state index contributed by atoms with van der Waals surface area (Å²) in [5.41, 5.74) is 0.932. The molecular weight excluding hydrogens is 300 g/mol. The number of aryl methyl sites for hydroxylation is 1. The van der Waals surface area contributed by atoms with Crippen LogP contribution in [-0.2, 0) is 6.61 Å². The summed E-state index contributed by atoms with van der Waals surface area (Å²) in [4.78, 5) is 11.1. The quantitative estimate of drug-likeness (QED) is 0.936. The fourth-order valence-electron chi connectivity index (χ4n) is 1.59. The van der Waals surface area contributed by atoms with Gasteiger partial charge in [0.05, 0.1) is 0 Å². The van der Waals surface area contributed by atoms with Gasteiger partial charge in [-0.25, -0.2) is 4.79 Å². The zero-order valence-electron chi connectivity index (χ0n) is 9.64. The van der Waals surface area contributed by atoms with Gasteiger partial charge in [0.25, 0.3) is 0 Å². The van der Waals surface area contributed by atoms with E-state index in [0.29, 0.717) is 16.2 Å². The second-order valence-corrected chi connectivity index (χ2v) is 4.53. The molecule has 0 bridgehead atoms. The van der Waals surface area contributed by atoms with Crippen molar-refractivity contribution in [2.24, 2.45) is 0 Å². The molecule has 0 saturated carbocycles. The van der Waals surface area contributed by atoms with Crippen molar-refractivity contribution in [3.8, 4) is 5.75 Å². The van der Waals surface area contributed by atoms with E-state index in [4.69, 9.17) is 14.3 Å². The molecule has 0 saturated heterocycles. The highest BCUT2D eigenvalue weighted by molar-refractivity contribution is 9.10. The van der Waals surface area contributed by atoms with E-state index in [2.05, 4.69) is 15.9 Å². The molecule has 0 aliphatic rings. The Kier molecular flexibility index (Phi) is 3.72. The summed E-state index contributed by atoms with van der Waals surface area (Å²) >= 11 is 3.19. The van der Waals surface area contributed by atoms with E-state index in [1.165, 1.54) is 6.07 Å². The van der Waals surface area contributed by atoms with Crippen molar-refractivity contribution in [3.63, 3.8) is 0 Å². The first-order chi connectivity index (χ1) is 8.58. The van der Waals surface area contributed by atoms with Gasteiger partial charge >= 0.3 is 5.97 Å². The summed E-state index contributed by atoms with van der Waals surface area (Å²) in [6.07, 6.45) is 0. The van der Waals surface area contributed by atoms with Gasteiger partial charge in [-0.05, 0) is 46.6 Å². The molecule has 2 rings (SSSR count). The Hall–Kier alpha value is -1.75. The van der Waals surface area contributed by atoms with E-state index >= 15 is 0 Å². The van der Waals surface area contributed by atoms with Gasteiger partial charge in [-0.2, -0.15) is 0 Å². The van der Waals surface area contributed by atoms with Gasteiger partial charge in [0.2, 0.25) is 0 Å². The van der Waals surface area contributed by atoms with Crippen LogP contribution in [0.1, 0.15) is 21.7 Å². The molecule has 1 N–H and O–H groups in total. The average Bonchev–Trinajstić information content (AvgIpc) is 2.73. The minimum Gasteiger partial charge on any atom is -0.484 e. The van der Waals surface area contributed by atoms with Gasteiger partial charge in [-0.3, -0.25) is 0 Å². The van der Waals surface area contributed by atoms with Gasteiger partial charge < -0.3 is 14.3 Å². The van der Waals surface area contributed by atoms with Crippen LogP contribution >= 0.6 is 15.9 Å². The molecule has 1 aromatic heterocycles. The summed E-state index contributed by atoms with van der Waals surface area (Å²) in [6, 6.07) is 8.54. The maximum absolute atomic E-state index is 11.1. The summed E-state index contributed by atoms with van der Waals surface area (Å²) < 4.78 is 11.4. The number of para-hydroxylation sites is 1. The summed E-state index contributed by atoms with van der Waals surface area (Å²) in [6.45, 7) is 2.00. The summed E-state index contributed by atoms with van der Waals surface area (Å²) in [7, 11) is 0. The maximum atomic E-state index is 11.1. The normalized spacial score (nSPS) is 10.3. The molecule has 0 aliphatic heterocycles. The minimum absolute atomic E-state index is 0.153. The van der Waals surface area contributed by atoms with Crippen molar-refractivity contribution in [3.05, 3.63) is 51.9 Å². The second kappa shape index (κ2) is 5.27. The Labute approximate surface area is 112 Å². The van der Waals surface area contributed by atoms with Crippen molar-refractivity contribution in [1.29, 1.82) is 0 Å². The lowest BCUT2D eigenvalue weighted by Gasteiger charge is -2.10. The first kappa shape index (κ1) is 12.7. The van der Waals surface area contributed by atoms with Crippen LogP contribution < -0.4 is 4.74 Å². The van der Waals surface area contributed by atoms with Crippen LogP contribution in [0.25, 0.3) is 0 Å². The zero-order valence-corrected chi connectivity index (χ0v) is 11.2. The first-order valence-electron chi connectivity index (χ1n) is 5.28. The number of furan rings is 1. The van der Waals surface area contributed by atoms with Crippen molar-refractivity contribution in [2.75, 3.05) is 0 Å². The van der Waals surface area contributed by atoms with Crippen LogP contribution in [-0.4, -0.2) is 11.1 Å². The molecule has 0 unspecified atom stereocenters. The summed E-state index contributed by atoms with van der Waals surface area (Å²) in [5, 5.41) is 9.08. The number of ether oxygens (including phenoxy) is 1. The predicted octanol–water partition coefficient (Wildman–Crippen LogP) is 3.63. The lowest BCUT2D eigenvalue weighted by molar-refractivity contribution is 0.0691. The summed E-state index contributed by atoms with van der Waals surface area (Å²) in [5.74, 6) is -0.00619. The number of halogens is 1. The predicted molar refractivity (Wildman–Crippen MR) is 68.9 cm³/mol. The van der Waals surface area contributed by atoms with Gasteiger partial charge in [0, 0.05) is 0 Å². The highest BCUT2D eigenvalue weighted by Gasteiger charge is 2.13. The van der Waals surface area contributed by atoms with Gasteiger partial charge in [-0.15, -0.1) is 0 Å². The number of hydrogen-bond donors (Lipinski definition) is 1. The zero-order chi connectivity index (χ0) is 13.1. The molecule has 4 nitrogen and oxygen atoms in total. The molecule has 1 heterocycles. The molecule has 94 valence electrons. The van der Waals surface area contributed by atoms with Crippen LogP contribution in [0.2, 0.25) is 0 Å². The molecule has 1 aromatic carbocycles. The number of benzene rings is 1. The molecule has 0 amide bonds. The van der Waals surface area contributed by atoms with E-state index in [9.17, 15) is 4.79 Å². The van der Waals surface area contributed by atoms with Crippen LogP contribution in [0, 0.1) is 6.92 Å². The monoisotopic (exact) mass is 310 g/mol. The topological polar surface area (TPSA) is 59.7 Å². The number of rotatable bonds is 4.